The van der Waals surface area contributed by atoms with Crippen LogP contribution in [0, 0.1) is 11.3 Å². The van der Waals surface area contributed by atoms with Crippen molar-refractivity contribution in [1.82, 2.24) is 5.32 Å². The number of carbonyl (C=O) groups is 1. The Morgan fingerprint density at radius 2 is 2.21 bits per heavy atom. The number of rotatable bonds is 6. The maximum absolute atomic E-state index is 12.1. The Balaban J connectivity index is 2.80. The highest BCUT2D eigenvalue weighted by atomic mass is 16.5. The molecule has 19 heavy (non-hydrogen) atoms. The number of carbonyl (C=O) groups excluding carboxylic acids is 1. The highest BCUT2D eigenvalue weighted by Crippen LogP contribution is 2.15. The van der Waals surface area contributed by atoms with Crippen LogP contribution in [0.15, 0.2) is 24.3 Å². The van der Waals surface area contributed by atoms with E-state index in [4.69, 9.17) is 10.00 Å². The normalized spacial score (nSPS) is 13.2. The van der Waals surface area contributed by atoms with Gasteiger partial charge in [-0.25, -0.2) is 0 Å². The number of hydrogen-bond donors (Lipinski definition) is 1. The van der Waals surface area contributed by atoms with Gasteiger partial charge in [0, 0.05) is 5.56 Å². The van der Waals surface area contributed by atoms with E-state index in [0.717, 1.165) is 6.42 Å². The molecule has 4 heteroatoms. The van der Waals surface area contributed by atoms with Crippen molar-refractivity contribution in [1.29, 1.82) is 5.26 Å². The highest BCUT2D eigenvalue weighted by molar-refractivity contribution is 5.95. The Hall–Kier alpha value is -2.02. The second-order valence-electron chi connectivity index (χ2n) is 4.63. The summed E-state index contributed by atoms with van der Waals surface area (Å²) in [5.74, 6) is 0.414. The van der Waals surface area contributed by atoms with E-state index in [2.05, 4.69) is 11.4 Å². The summed E-state index contributed by atoms with van der Waals surface area (Å²) in [6.07, 6.45) is 1.47. The van der Waals surface area contributed by atoms with Crippen molar-refractivity contribution >= 4 is 5.91 Å². The Kier molecular flexibility index (Phi) is 5.37. The molecule has 0 aliphatic heterocycles. The van der Waals surface area contributed by atoms with Gasteiger partial charge < -0.3 is 10.1 Å². The molecule has 0 heterocycles. The molecule has 0 spiro atoms. The Labute approximate surface area is 114 Å². The average Bonchev–Trinajstić information content (AvgIpc) is 2.45. The zero-order valence-corrected chi connectivity index (χ0v) is 11.7. The first kappa shape index (κ1) is 15.0. The third kappa shape index (κ3) is 4.29. The van der Waals surface area contributed by atoms with Crippen molar-refractivity contribution < 1.29 is 9.53 Å². The number of amides is 1. The van der Waals surface area contributed by atoms with Gasteiger partial charge in [0.1, 0.15) is 11.3 Å². The molecule has 0 saturated heterocycles. The standard InChI is InChI=1S/C15H20N2O2/c1-4-9-19-13-8-6-7-12(10-13)14(18)17-15(3,5-2)11-16/h6-8,10H,4-5,9H2,1-3H3,(H,17,18). The SMILES string of the molecule is CCCOc1cccc(C(=O)NC(C)(C#N)CC)c1. The quantitative estimate of drug-likeness (QED) is 0.855. The summed E-state index contributed by atoms with van der Waals surface area (Å²) in [5, 5.41) is 11.8. The third-order valence-electron chi connectivity index (χ3n) is 2.91. The van der Waals surface area contributed by atoms with Crippen LogP contribution in [0.4, 0.5) is 0 Å². The van der Waals surface area contributed by atoms with E-state index >= 15 is 0 Å². The van der Waals surface area contributed by atoms with Crippen LogP contribution in [0.5, 0.6) is 5.75 Å². The number of hydrogen-bond acceptors (Lipinski definition) is 3. The van der Waals surface area contributed by atoms with Crippen LogP contribution in [0.2, 0.25) is 0 Å². The van der Waals surface area contributed by atoms with Crippen LogP contribution in [0.3, 0.4) is 0 Å². The topological polar surface area (TPSA) is 62.1 Å². The summed E-state index contributed by atoms with van der Waals surface area (Å²) >= 11 is 0. The average molecular weight is 260 g/mol. The fourth-order valence-corrected chi connectivity index (χ4v) is 1.47. The zero-order valence-electron chi connectivity index (χ0n) is 11.7. The van der Waals surface area contributed by atoms with Gasteiger partial charge in [-0.2, -0.15) is 5.26 Å². The molecular formula is C15H20N2O2. The molecule has 0 aliphatic rings. The van der Waals surface area contributed by atoms with Gasteiger partial charge in [0.25, 0.3) is 5.91 Å². The van der Waals surface area contributed by atoms with Crippen LogP contribution in [0.25, 0.3) is 0 Å². The Morgan fingerprint density at radius 1 is 1.47 bits per heavy atom. The number of nitriles is 1. The minimum absolute atomic E-state index is 0.257. The van der Waals surface area contributed by atoms with Gasteiger partial charge in [0.05, 0.1) is 12.7 Å². The zero-order chi connectivity index (χ0) is 14.3. The van der Waals surface area contributed by atoms with E-state index in [1.807, 2.05) is 19.9 Å². The summed E-state index contributed by atoms with van der Waals surface area (Å²) in [7, 11) is 0. The Morgan fingerprint density at radius 3 is 2.79 bits per heavy atom. The van der Waals surface area contributed by atoms with Crippen LogP contribution in [-0.2, 0) is 0 Å². The van der Waals surface area contributed by atoms with Crippen LogP contribution in [0.1, 0.15) is 44.0 Å². The predicted octanol–water partition coefficient (Wildman–Crippen LogP) is 2.90. The van der Waals surface area contributed by atoms with Gasteiger partial charge in [-0.05, 0) is 38.0 Å². The maximum Gasteiger partial charge on any atom is 0.252 e. The molecule has 0 bridgehead atoms. The fraction of sp³-hybridized carbons (Fsp3) is 0.467. The van der Waals surface area contributed by atoms with Gasteiger partial charge in [0.15, 0.2) is 0 Å². The third-order valence-corrected chi connectivity index (χ3v) is 2.91. The highest BCUT2D eigenvalue weighted by Gasteiger charge is 2.24. The van der Waals surface area contributed by atoms with Crippen molar-refractivity contribution in [3.63, 3.8) is 0 Å². The van der Waals surface area contributed by atoms with Crippen LogP contribution in [-0.4, -0.2) is 18.1 Å². The van der Waals surface area contributed by atoms with Gasteiger partial charge in [-0.1, -0.05) is 19.9 Å². The molecular weight excluding hydrogens is 240 g/mol. The van der Waals surface area contributed by atoms with E-state index < -0.39 is 5.54 Å². The molecule has 4 nitrogen and oxygen atoms in total. The molecule has 102 valence electrons. The largest absolute Gasteiger partial charge is 0.494 e. The van der Waals surface area contributed by atoms with Crippen molar-refractivity contribution in [2.75, 3.05) is 6.61 Å². The number of nitrogens with one attached hydrogen (secondary N) is 1. The van der Waals surface area contributed by atoms with Gasteiger partial charge >= 0.3 is 0 Å². The molecule has 1 aromatic carbocycles. The lowest BCUT2D eigenvalue weighted by Gasteiger charge is -2.21. The Bertz CT molecular complexity index is 479. The van der Waals surface area contributed by atoms with E-state index in [1.54, 1.807) is 25.1 Å². The van der Waals surface area contributed by atoms with Crippen molar-refractivity contribution in [3.8, 4) is 11.8 Å². The van der Waals surface area contributed by atoms with Crippen molar-refractivity contribution in [3.05, 3.63) is 29.8 Å². The molecule has 1 amide bonds. The molecule has 0 radical (unpaired) electrons. The van der Waals surface area contributed by atoms with Crippen LogP contribution >= 0.6 is 0 Å². The van der Waals surface area contributed by atoms with E-state index in [9.17, 15) is 4.79 Å². The van der Waals surface area contributed by atoms with E-state index in [0.29, 0.717) is 24.3 Å². The first-order valence-corrected chi connectivity index (χ1v) is 6.51. The van der Waals surface area contributed by atoms with Gasteiger partial charge in [0.2, 0.25) is 0 Å². The van der Waals surface area contributed by atoms with Gasteiger partial charge in [-0.15, -0.1) is 0 Å². The molecule has 0 saturated carbocycles. The lowest BCUT2D eigenvalue weighted by molar-refractivity contribution is 0.0922. The summed E-state index contributed by atoms with van der Waals surface area (Å²) < 4.78 is 5.48. The van der Waals surface area contributed by atoms with E-state index in [1.165, 1.54) is 0 Å². The minimum Gasteiger partial charge on any atom is -0.494 e. The lowest BCUT2D eigenvalue weighted by Crippen LogP contribution is -2.44. The molecule has 1 atom stereocenters. The fourth-order valence-electron chi connectivity index (χ4n) is 1.47. The second-order valence-corrected chi connectivity index (χ2v) is 4.63. The lowest BCUT2D eigenvalue weighted by atomic mass is 10.0. The number of ether oxygens (including phenoxy) is 1. The first-order chi connectivity index (χ1) is 9.04. The predicted molar refractivity (Wildman–Crippen MR) is 74.0 cm³/mol. The second kappa shape index (κ2) is 6.79. The molecule has 1 aromatic rings. The number of nitrogens with zero attached hydrogens (tertiary/aromatic N) is 1. The van der Waals surface area contributed by atoms with Gasteiger partial charge in [-0.3, -0.25) is 4.79 Å². The maximum atomic E-state index is 12.1. The molecule has 1 rings (SSSR count). The summed E-state index contributed by atoms with van der Waals surface area (Å²) in [6.45, 7) is 6.22. The minimum atomic E-state index is -0.836. The summed E-state index contributed by atoms with van der Waals surface area (Å²) in [5.41, 5.74) is -0.333. The molecule has 1 N–H and O–H groups in total. The van der Waals surface area contributed by atoms with Crippen molar-refractivity contribution in [2.24, 2.45) is 0 Å². The summed E-state index contributed by atoms with van der Waals surface area (Å²) in [4.78, 5) is 12.1. The summed E-state index contributed by atoms with van der Waals surface area (Å²) in [6, 6.07) is 9.11. The monoisotopic (exact) mass is 260 g/mol. The van der Waals surface area contributed by atoms with Crippen LogP contribution < -0.4 is 10.1 Å². The number of benzene rings is 1. The molecule has 0 fully saturated rings. The molecule has 0 aromatic heterocycles. The molecule has 0 aliphatic carbocycles. The van der Waals surface area contributed by atoms with Crippen molar-refractivity contribution in [2.45, 2.75) is 39.2 Å². The molecule has 1 unspecified atom stereocenters. The first-order valence-electron chi connectivity index (χ1n) is 6.51. The smallest absolute Gasteiger partial charge is 0.252 e. The van der Waals surface area contributed by atoms with E-state index in [-0.39, 0.29) is 5.91 Å².